The number of esters is 1. The van der Waals surface area contributed by atoms with Gasteiger partial charge in [-0.25, -0.2) is 0 Å². The quantitative estimate of drug-likeness (QED) is 0.186. The molecule has 6 saturated carbocycles. The summed E-state index contributed by atoms with van der Waals surface area (Å²) in [5.41, 5.74) is -1.89. The molecule has 2 heterocycles. The van der Waals surface area contributed by atoms with Crippen molar-refractivity contribution < 1.29 is 33.8 Å². The van der Waals surface area contributed by atoms with E-state index in [1.165, 1.54) is 6.42 Å². The van der Waals surface area contributed by atoms with Gasteiger partial charge in [0.25, 0.3) is 0 Å². The Morgan fingerprint density at radius 3 is 2.09 bits per heavy atom. The number of epoxide rings is 1. The van der Waals surface area contributed by atoms with Crippen LogP contribution in [0.3, 0.4) is 0 Å². The van der Waals surface area contributed by atoms with Crippen LogP contribution in [-0.2, 0) is 28.7 Å². The maximum absolute atomic E-state index is 15.1. The summed E-state index contributed by atoms with van der Waals surface area (Å²) in [5, 5.41) is 13.3. The minimum Gasteiger partial charge on any atom is -0.481 e. The molecule has 2 amide bonds. The Kier molecular flexibility index (Phi) is 9.79. The lowest BCUT2D eigenvalue weighted by Gasteiger charge is -2.73. The molecule has 0 aromatic carbocycles. The summed E-state index contributed by atoms with van der Waals surface area (Å²) >= 11 is 0. The number of carbonyl (C=O) groups excluding carboxylic acids is 3. The Hall–Kier alpha value is -2.16. The van der Waals surface area contributed by atoms with Crippen molar-refractivity contribution in [3.63, 3.8) is 0 Å². The molecule has 0 spiro atoms. The summed E-state index contributed by atoms with van der Waals surface area (Å²) in [7, 11) is 0. The first-order valence-corrected chi connectivity index (χ1v) is 23.1. The number of carboxylic acids is 1. The molecule has 0 aromatic rings. The zero-order chi connectivity index (χ0) is 41.4. The highest BCUT2D eigenvalue weighted by atomic mass is 16.6. The SMILES string of the molecule is CC(C)(CC(=O)O[C@H]1CC[C@]2(C)[C@H]3CC[C@@H]4[C@H]5[C@H](C6(C)CO6)CC[C@]5(C(=O)N[C@@H]5C[C@H](C(=O)N6CCCCC6)C5(C)C)CC[C@@]4(C)[C@]3(C)CC[C@H]2C1(C)C)C(=O)O. The van der Waals surface area contributed by atoms with Crippen molar-refractivity contribution in [2.45, 2.75) is 183 Å². The number of piperidine rings is 1. The number of hydrogen-bond donors (Lipinski definition) is 2. The normalized spacial score (nSPS) is 46.9. The molecule has 8 fully saturated rings. The molecular weight excluding hydrogens is 717 g/mol. The molecule has 9 nitrogen and oxygen atoms in total. The summed E-state index contributed by atoms with van der Waals surface area (Å²) in [6, 6.07) is 0.0174. The van der Waals surface area contributed by atoms with E-state index in [0.29, 0.717) is 29.6 Å². The van der Waals surface area contributed by atoms with Crippen LogP contribution in [0.5, 0.6) is 0 Å². The van der Waals surface area contributed by atoms with Gasteiger partial charge in [-0.15, -0.1) is 0 Å². The second-order valence-corrected chi connectivity index (χ2v) is 23.8. The van der Waals surface area contributed by atoms with Crippen molar-refractivity contribution in [1.29, 1.82) is 0 Å². The van der Waals surface area contributed by atoms with Gasteiger partial charge < -0.3 is 24.8 Å². The monoisotopic (exact) mass is 793 g/mol. The summed E-state index contributed by atoms with van der Waals surface area (Å²) in [5.74, 6) is 1.16. The van der Waals surface area contributed by atoms with Crippen LogP contribution in [0.1, 0.15) is 166 Å². The first-order chi connectivity index (χ1) is 26.5. The van der Waals surface area contributed by atoms with Gasteiger partial charge >= 0.3 is 11.9 Å². The van der Waals surface area contributed by atoms with E-state index in [1.807, 2.05) is 0 Å². The lowest BCUT2D eigenvalue weighted by Crippen LogP contribution is -2.69. The molecule has 8 aliphatic rings. The third kappa shape index (κ3) is 6.03. The second kappa shape index (κ2) is 13.4. The largest absolute Gasteiger partial charge is 0.481 e. The standard InChI is InChI=1S/C48H76N2O7/c1-41(2,40(54)55)27-36(51)57-35-18-19-44(7)32(43(35,5)6)17-20-46(9)33(44)15-14-29-37-30(47(10)28-56-47)16-21-48(37,23-22-45(29,46)8)39(53)49-34-26-31(42(34,3)4)38(52)50-24-12-11-13-25-50/h29-35,37H,11-28H2,1-10H3,(H,49,53)(H,54,55)/t29-,30-,31-,32+,33-,34-,35+,37+,44+,45-,46-,47?,48+/m1/s1. The van der Waals surface area contributed by atoms with Gasteiger partial charge in [-0.2, -0.15) is 0 Å². The van der Waals surface area contributed by atoms with Gasteiger partial charge in [0, 0.05) is 30.5 Å². The third-order valence-electron chi connectivity index (χ3n) is 20.2. The number of rotatable bonds is 8. The molecule has 0 radical (unpaired) electrons. The maximum atomic E-state index is 15.1. The molecule has 8 rings (SSSR count). The summed E-state index contributed by atoms with van der Waals surface area (Å²) in [4.78, 5) is 55.8. The average Bonchev–Trinajstić information content (AvgIpc) is 3.75. The second-order valence-electron chi connectivity index (χ2n) is 23.8. The number of amides is 2. The van der Waals surface area contributed by atoms with Crippen molar-refractivity contribution in [2.24, 2.45) is 73.4 Å². The van der Waals surface area contributed by atoms with Crippen molar-refractivity contribution in [3.05, 3.63) is 0 Å². The molecule has 320 valence electrons. The average molecular weight is 793 g/mol. The van der Waals surface area contributed by atoms with Crippen LogP contribution in [0.15, 0.2) is 0 Å². The van der Waals surface area contributed by atoms with Crippen LogP contribution in [0.2, 0.25) is 0 Å². The van der Waals surface area contributed by atoms with E-state index in [9.17, 15) is 19.5 Å². The van der Waals surface area contributed by atoms with Gasteiger partial charge in [0.2, 0.25) is 11.8 Å². The van der Waals surface area contributed by atoms with E-state index < -0.39 is 22.8 Å². The first-order valence-electron chi connectivity index (χ1n) is 23.1. The van der Waals surface area contributed by atoms with Gasteiger partial charge in [0.1, 0.15) is 6.10 Å². The molecule has 13 atom stereocenters. The number of nitrogens with one attached hydrogen (secondary N) is 1. The van der Waals surface area contributed by atoms with Crippen molar-refractivity contribution in [1.82, 2.24) is 10.2 Å². The fraction of sp³-hybridized carbons (Fsp3) is 0.917. The van der Waals surface area contributed by atoms with Crippen molar-refractivity contribution >= 4 is 23.8 Å². The van der Waals surface area contributed by atoms with Crippen LogP contribution < -0.4 is 5.32 Å². The molecular formula is C48H76N2O7. The van der Waals surface area contributed by atoms with E-state index in [4.69, 9.17) is 9.47 Å². The van der Waals surface area contributed by atoms with Gasteiger partial charge in [-0.3, -0.25) is 19.2 Å². The van der Waals surface area contributed by atoms with Gasteiger partial charge in [-0.1, -0.05) is 48.5 Å². The van der Waals surface area contributed by atoms with Gasteiger partial charge in [0.05, 0.1) is 29.5 Å². The summed E-state index contributed by atoms with van der Waals surface area (Å²) in [6.07, 6.45) is 14.1. The highest BCUT2D eigenvalue weighted by Crippen LogP contribution is 2.78. The van der Waals surface area contributed by atoms with Gasteiger partial charge in [-0.05, 0) is 162 Å². The van der Waals surface area contributed by atoms with E-state index in [0.717, 1.165) is 103 Å². The number of carbonyl (C=O) groups is 4. The lowest BCUT2D eigenvalue weighted by molar-refractivity contribution is -0.251. The summed E-state index contributed by atoms with van der Waals surface area (Å²) < 4.78 is 12.5. The highest BCUT2D eigenvalue weighted by Gasteiger charge is 2.74. The molecule has 9 heteroatoms. The number of nitrogens with zero attached hydrogens (tertiary/aromatic N) is 1. The van der Waals surface area contributed by atoms with Crippen LogP contribution in [0, 0.1) is 73.4 Å². The lowest BCUT2D eigenvalue weighted by atomic mass is 9.32. The topological polar surface area (TPSA) is 126 Å². The fourth-order valence-electron chi connectivity index (χ4n) is 16.0. The molecule has 0 bridgehead atoms. The Morgan fingerprint density at radius 2 is 1.46 bits per heavy atom. The Bertz CT molecular complexity index is 1660. The van der Waals surface area contributed by atoms with Crippen LogP contribution in [0.25, 0.3) is 0 Å². The third-order valence-corrected chi connectivity index (χ3v) is 20.2. The number of aliphatic carboxylic acids is 1. The Morgan fingerprint density at radius 1 is 0.772 bits per heavy atom. The Balaban J connectivity index is 1.02. The van der Waals surface area contributed by atoms with E-state index in [1.54, 1.807) is 13.8 Å². The predicted molar refractivity (Wildman–Crippen MR) is 219 cm³/mol. The number of hydrogen-bond acceptors (Lipinski definition) is 6. The highest BCUT2D eigenvalue weighted by molar-refractivity contribution is 5.86. The Labute approximate surface area is 343 Å². The number of likely N-dealkylation sites (tertiary alicyclic amines) is 1. The van der Waals surface area contributed by atoms with Crippen LogP contribution >= 0.6 is 0 Å². The smallest absolute Gasteiger partial charge is 0.309 e. The van der Waals surface area contributed by atoms with Crippen LogP contribution in [0.4, 0.5) is 0 Å². The maximum Gasteiger partial charge on any atom is 0.309 e. The fourth-order valence-corrected chi connectivity index (χ4v) is 16.0. The molecule has 2 saturated heterocycles. The minimum absolute atomic E-state index is 0.0174. The van der Waals surface area contributed by atoms with E-state index >= 15 is 4.79 Å². The molecule has 57 heavy (non-hydrogen) atoms. The van der Waals surface area contributed by atoms with E-state index in [2.05, 4.69) is 65.6 Å². The van der Waals surface area contributed by atoms with E-state index in [-0.39, 0.29) is 69.0 Å². The number of carboxylic acid groups (broad SMARTS) is 1. The number of ether oxygens (including phenoxy) is 2. The van der Waals surface area contributed by atoms with Crippen molar-refractivity contribution in [2.75, 3.05) is 19.7 Å². The molecule has 1 unspecified atom stereocenters. The van der Waals surface area contributed by atoms with Gasteiger partial charge in [0.15, 0.2) is 0 Å². The first kappa shape index (κ1) is 41.6. The molecule has 6 aliphatic carbocycles. The zero-order valence-corrected chi connectivity index (χ0v) is 37.2. The minimum atomic E-state index is -1.16. The number of fused-ring (bicyclic) bond motifs is 7. The molecule has 2 aliphatic heterocycles. The predicted octanol–water partition coefficient (Wildman–Crippen LogP) is 8.81. The molecule has 2 N–H and O–H groups in total. The zero-order valence-electron chi connectivity index (χ0n) is 37.2. The molecule has 0 aromatic heterocycles. The summed E-state index contributed by atoms with van der Waals surface area (Å²) in [6.45, 7) is 24.8. The van der Waals surface area contributed by atoms with Crippen molar-refractivity contribution in [3.8, 4) is 0 Å². The van der Waals surface area contributed by atoms with Crippen LogP contribution in [-0.4, -0.2) is 71.2 Å².